The number of hydrogen-bond acceptors (Lipinski definition) is 3. The molecule has 0 aromatic carbocycles. The van der Waals surface area contributed by atoms with E-state index in [1.807, 2.05) is 0 Å². The third-order valence-corrected chi connectivity index (χ3v) is 9.15. The van der Waals surface area contributed by atoms with E-state index in [0.717, 1.165) is 25.7 Å². The molecule has 5 atom stereocenters. The van der Waals surface area contributed by atoms with Crippen molar-refractivity contribution in [3.8, 4) is 0 Å². The summed E-state index contributed by atoms with van der Waals surface area (Å²) in [6, 6.07) is 0.0250. The van der Waals surface area contributed by atoms with E-state index in [-0.39, 0.29) is 23.0 Å². The molecular formula is C18H31NO3S. The van der Waals surface area contributed by atoms with Crippen molar-refractivity contribution in [2.45, 2.75) is 72.3 Å². The number of rotatable bonds is 4. The Morgan fingerprint density at radius 1 is 1.17 bits per heavy atom. The minimum atomic E-state index is -3.44. The Labute approximate surface area is 140 Å². The second kappa shape index (κ2) is 5.55. The van der Waals surface area contributed by atoms with E-state index in [1.54, 1.807) is 0 Å². The van der Waals surface area contributed by atoms with E-state index >= 15 is 0 Å². The standard InChI is InChI=1S/C18H31NO3S/c1-12-6-5-7-15(13(12)2)19-23(21,22)11-18-9-8-14(10-16(18)20)17(18,3)4/h12-15,19H,5-11H2,1-4H3/t12-,13+,14+,15-,18+/m0/s1. The first-order valence-electron chi connectivity index (χ1n) is 9.12. The van der Waals surface area contributed by atoms with Gasteiger partial charge in [0.1, 0.15) is 5.78 Å². The molecule has 3 aliphatic carbocycles. The van der Waals surface area contributed by atoms with Gasteiger partial charge in [-0.2, -0.15) is 0 Å². The molecule has 2 bridgehead atoms. The lowest BCUT2D eigenvalue weighted by Crippen LogP contribution is -2.50. The summed E-state index contributed by atoms with van der Waals surface area (Å²) in [7, 11) is -3.44. The summed E-state index contributed by atoms with van der Waals surface area (Å²) in [5.74, 6) is 1.43. The van der Waals surface area contributed by atoms with Crippen LogP contribution in [0.15, 0.2) is 0 Å². The van der Waals surface area contributed by atoms with Crippen molar-refractivity contribution in [3.05, 3.63) is 0 Å². The molecule has 0 radical (unpaired) electrons. The molecule has 3 aliphatic rings. The normalized spacial score (nSPS) is 43.0. The molecule has 0 amide bonds. The number of nitrogens with one attached hydrogen (secondary N) is 1. The largest absolute Gasteiger partial charge is 0.299 e. The van der Waals surface area contributed by atoms with E-state index in [1.165, 1.54) is 6.42 Å². The third kappa shape index (κ3) is 2.68. The van der Waals surface area contributed by atoms with Gasteiger partial charge in [0.25, 0.3) is 0 Å². The Morgan fingerprint density at radius 3 is 2.43 bits per heavy atom. The second-order valence-electron chi connectivity index (χ2n) is 8.92. The highest BCUT2D eigenvalue weighted by atomic mass is 32.2. The molecule has 3 rings (SSSR count). The van der Waals surface area contributed by atoms with E-state index in [2.05, 4.69) is 32.4 Å². The van der Waals surface area contributed by atoms with Crippen LogP contribution in [0.3, 0.4) is 0 Å². The van der Waals surface area contributed by atoms with Crippen LogP contribution in [0.5, 0.6) is 0 Å². The van der Waals surface area contributed by atoms with Gasteiger partial charge in [-0.3, -0.25) is 4.79 Å². The highest BCUT2D eigenvalue weighted by molar-refractivity contribution is 7.89. The van der Waals surface area contributed by atoms with Crippen LogP contribution in [0.25, 0.3) is 0 Å². The summed E-state index contributed by atoms with van der Waals surface area (Å²) in [4.78, 5) is 12.6. The van der Waals surface area contributed by atoms with Crippen molar-refractivity contribution in [1.82, 2.24) is 4.72 Å². The Balaban J connectivity index is 1.78. The Hall–Kier alpha value is -0.420. The number of fused-ring (bicyclic) bond motifs is 2. The van der Waals surface area contributed by atoms with Gasteiger partial charge in [0, 0.05) is 17.9 Å². The molecule has 5 heteroatoms. The summed E-state index contributed by atoms with van der Waals surface area (Å²) in [5.41, 5.74) is -0.850. The zero-order valence-corrected chi connectivity index (χ0v) is 15.7. The molecule has 132 valence electrons. The number of Topliss-reactive ketones (excluding diaryl/α,β-unsaturated/α-hetero) is 1. The number of carbonyl (C=O) groups excluding carboxylic acids is 1. The summed E-state index contributed by atoms with van der Waals surface area (Å²) < 4.78 is 28.7. The maximum Gasteiger partial charge on any atom is 0.212 e. The molecule has 23 heavy (non-hydrogen) atoms. The lowest BCUT2D eigenvalue weighted by Gasteiger charge is -2.38. The maximum absolute atomic E-state index is 12.9. The van der Waals surface area contributed by atoms with Crippen LogP contribution in [0.1, 0.15) is 66.2 Å². The van der Waals surface area contributed by atoms with Gasteiger partial charge in [-0.25, -0.2) is 13.1 Å². The minimum absolute atomic E-state index is 0.0140. The van der Waals surface area contributed by atoms with Gasteiger partial charge in [-0.15, -0.1) is 0 Å². The van der Waals surface area contributed by atoms with Gasteiger partial charge in [0.15, 0.2) is 0 Å². The topological polar surface area (TPSA) is 63.2 Å². The summed E-state index contributed by atoms with van der Waals surface area (Å²) >= 11 is 0. The zero-order chi connectivity index (χ0) is 17.0. The molecule has 3 fully saturated rings. The predicted octanol–water partition coefficient (Wildman–Crippen LogP) is 3.13. The lowest BCUT2D eigenvalue weighted by molar-refractivity contribution is -0.128. The molecule has 4 nitrogen and oxygen atoms in total. The molecule has 1 N–H and O–H groups in total. The van der Waals surface area contributed by atoms with Gasteiger partial charge in [0.05, 0.1) is 5.75 Å². The van der Waals surface area contributed by atoms with Gasteiger partial charge >= 0.3 is 0 Å². The number of hydrogen-bond donors (Lipinski definition) is 1. The van der Waals surface area contributed by atoms with Crippen LogP contribution >= 0.6 is 0 Å². The molecule has 0 aliphatic heterocycles. The average Bonchev–Trinajstić information content (AvgIpc) is 2.77. The van der Waals surface area contributed by atoms with E-state index in [9.17, 15) is 13.2 Å². The molecule has 0 aromatic rings. The second-order valence-corrected chi connectivity index (χ2v) is 10.7. The summed E-state index contributed by atoms with van der Waals surface area (Å²) in [6.45, 7) is 8.54. The van der Waals surface area contributed by atoms with Crippen LogP contribution in [0, 0.1) is 28.6 Å². The van der Waals surface area contributed by atoms with Gasteiger partial charge in [-0.1, -0.05) is 40.5 Å². The van der Waals surface area contributed by atoms with Crippen molar-refractivity contribution in [2.75, 3.05) is 5.75 Å². The van der Waals surface area contributed by atoms with Gasteiger partial charge in [0.2, 0.25) is 10.0 Å². The SMILES string of the molecule is C[C@H]1[C@@H](NS(=O)(=O)C[C@]23CC[C@H](CC2=O)C3(C)C)CCC[C@@H]1C. The minimum Gasteiger partial charge on any atom is -0.299 e. The lowest BCUT2D eigenvalue weighted by atomic mass is 9.70. The van der Waals surface area contributed by atoms with Crippen LogP contribution in [-0.4, -0.2) is 26.0 Å². The Kier molecular flexibility index (Phi) is 4.20. The molecule has 0 aromatic heterocycles. The van der Waals surface area contributed by atoms with Crippen LogP contribution in [0.4, 0.5) is 0 Å². The molecule has 0 spiro atoms. The van der Waals surface area contributed by atoms with Crippen molar-refractivity contribution in [2.24, 2.45) is 28.6 Å². The maximum atomic E-state index is 12.9. The van der Waals surface area contributed by atoms with E-state index in [0.29, 0.717) is 24.2 Å². The summed E-state index contributed by atoms with van der Waals surface area (Å²) in [6.07, 6.45) is 5.47. The monoisotopic (exact) mass is 341 g/mol. The first-order chi connectivity index (χ1) is 10.6. The average molecular weight is 342 g/mol. The third-order valence-electron chi connectivity index (χ3n) is 7.61. The fraction of sp³-hybridized carbons (Fsp3) is 0.944. The van der Waals surface area contributed by atoms with Crippen molar-refractivity contribution < 1.29 is 13.2 Å². The first-order valence-corrected chi connectivity index (χ1v) is 10.8. The molecule has 0 saturated heterocycles. The Morgan fingerprint density at radius 2 is 1.87 bits per heavy atom. The highest BCUT2D eigenvalue weighted by Crippen LogP contribution is 2.64. The van der Waals surface area contributed by atoms with Crippen molar-refractivity contribution in [1.29, 1.82) is 0 Å². The van der Waals surface area contributed by atoms with E-state index < -0.39 is 15.4 Å². The number of ketones is 1. The number of sulfonamides is 1. The Bertz CT molecular complexity index is 597. The van der Waals surface area contributed by atoms with Gasteiger partial charge < -0.3 is 0 Å². The van der Waals surface area contributed by atoms with Crippen LogP contribution in [-0.2, 0) is 14.8 Å². The number of carbonyl (C=O) groups is 1. The van der Waals surface area contributed by atoms with Gasteiger partial charge in [-0.05, 0) is 42.4 Å². The molecular weight excluding hydrogens is 310 g/mol. The molecule has 0 unspecified atom stereocenters. The smallest absolute Gasteiger partial charge is 0.212 e. The van der Waals surface area contributed by atoms with Crippen molar-refractivity contribution >= 4 is 15.8 Å². The van der Waals surface area contributed by atoms with E-state index in [4.69, 9.17) is 0 Å². The summed E-state index contributed by atoms with van der Waals surface area (Å²) in [5, 5.41) is 0. The predicted molar refractivity (Wildman–Crippen MR) is 91.5 cm³/mol. The van der Waals surface area contributed by atoms with Crippen molar-refractivity contribution in [3.63, 3.8) is 0 Å². The highest BCUT2D eigenvalue weighted by Gasteiger charge is 2.65. The van der Waals surface area contributed by atoms with Crippen LogP contribution in [0.2, 0.25) is 0 Å². The first kappa shape index (κ1) is 17.4. The quantitative estimate of drug-likeness (QED) is 0.854. The zero-order valence-electron chi connectivity index (χ0n) is 14.9. The van der Waals surface area contributed by atoms with Crippen LogP contribution < -0.4 is 4.72 Å². The molecule has 0 heterocycles. The fourth-order valence-electron chi connectivity index (χ4n) is 5.45. The fourth-order valence-corrected chi connectivity index (χ4v) is 7.66. The molecule has 3 saturated carbocycles.